The van der Waals surface area contributed by atoms with E-state index in [2.05, 4.69) is 4.84 Å². The Morgan fingerprint density at radius 1 is 1.58 bits per heavy atom. The topological polar surface area (TPSA) is 52.3 Å². The van der Waals surface area contributed by atoms with Gasteiger partial charge in [0.2, 0.25) is 0 Å². The van der Waals surface area contributed by atoms with Crippen molar-refractivity contribution in [2.24, 2.45) is 5.90 Å². The first-order valence-corrected chi connectivity index (χ1v) is 3.64. The molecule has 0 saturated carbocycles. The van der Waals surface area contributed by atoms with Crippen LogP contribution < -0.4 is 5.90 Å². The molecule has 0 amide bonds. The number of nitrogens with two attached hydrogens (primary N) is 1. The van der Waals surface area contributed by atoms with E-state index in [4.69, 9.17) is 5.90 Å². The molecule has 0 unspecified atom stereocenters. The molecule has 0 heterocycles. The second-order valence-corrected chi connectivity index (χ2v) is 2.63. The van der Waals surface area contributed by atoms with Gasteiger partial charge in [-0.05, 0) is 18.6 Å². The van der Waals surface area contributed by atoms with Crippen molar-refractivity contribution >= 4 is 6.29 Å². The van der Waals surface area contributed by atoms with Gasteiger partial charge in [-0.15, -0.1) is 0 Å². The van der Waals surface area contributed by atoms with Gasteiger partial charge >= 0.3 is 0 Å². The Hall–Kier alpha value is -1.19. The van der Waals surface area contributed by atoms with Crippen LogP contribution >= 0.6 is 0 Å². The first-order chi connectivity index (χ1) is 5.77. The number of rotatable bonds is 3. The van der Waals surface area contributed by atoms with Crippen molar-refractivity contribution in [3.05, 3.63) is 34.9 Å². The first kappa shape index (κ1) is 8.90. The van der Waals surface area contributed by atoms with Crippen LogP contribution in [0.4, 0.5) is 0 Å². The van der Waals surface area contributed by atoms with Gasteiger partial charge in [0, 0.05) is 5.56 Å². The molecule has 0 atom stereocenters. The molecule has 1 aromatic rings. The molecule has 1 rings (SSSR count). The van der Waals surface area contributed by atoms with Crippen LogP contribution in [0.5, 0.6) is 0 Å². The molecule has 0 aliphatic rings. The normalized spacial score (nSPS) is 9.83. The van der Waals surface area contributed by atoms with Gasteiger partial charge in [0.25, 0.3) is 0 Å². The molecular weight excluding hydrogens is 154 g/mol. The van der Waals surface area contributed by atoms with Gasteiger partial charge in [-0.1, -0.05) is 17.7 Å². The molecule has 3 heteroatoms. The highest BCUT2D eigenvalue weighted by Gasteiger charge is 2.00. The van der Waals surface area contributed by atoms with Crippen LogP contribution in [0.1, 0.15) is 21.5 Å². The number of benzene rings is 1. The van der Waals surface area contributed by atoms with Crippen molar-refractivity contribution in [3.63, 3.8) is 0 Å². The zero-order valence-corrected chi connectivity index (χ0v) is 6.91. The van der Waals surface area contributed by atoms with E-state index in [1.54, 1.807) is 6.07 Å². The third-order valence-corrected chi connectivity index (χ3v) is 1.67. The van der Waals surface area contributed by atoms with Crippen LogP contribution in [0.3, 0.4) is 0 Å². The quantitative estimate of drug-likeness (QED) is 0.540. The van der Waals surface area contributed by atoms with Gasteiger partial charge in [0.05, 0.1) is 6.61 Å². The van der Waals surface area contributed by atoms with Crippen LogP contribution in [-0.4, -0.2) is 6.29 Å². The molecule has 12 heavy (non-hydrogen) atoms. The standard InChI is InChI=1S/C9H11NO2/c1-7-2-3-8(6-12-10)9(4-7)5-11/h2-5H,6,10H2,1H3. The van der Waals surface area contributed by atoms with Crippen molar-refractivity contribution in [2.75, 3.05) is 0 Å². The van der Waals surface area contributed by atoms with Crippen molar-refractivity contribution in [3.8, 4) is 0 Å². The van der Waals surface area contributed by atoms with Gasteiger partial charge in [0.1, 0.15) is 6.29 Å². The highest BCUT2D eigenvalue weighted by atomic mass is 16.6. The molecule has 3 nitrogen and oxygen atoms in total. The van der Waals surface area contributed by atoms with Gasteiger partial charge in [-0.3, -0.25) is 9.63 Å². The van der Waals surface area contributed by atoms with Crippen LogP contribution in [0.25, 0.3) is 0 Å². The fourth-order valence-corrected chi connectivity index (χ4v) is 1.05. The summed E-state index contributed by atoms with van der Waals surface area (Å²) in [6.07, 6.45) is 0.807. The SMILES string of the molecule is Cc1ccc(CON)c(C=O)c1. The summed E-state index contributed by atoms with van der Waals surface area (Å²) in [6.45, 7) is 2.20. The molecule has 0 saturated heterocycles. The molecule has 0 spiro atoms. The minimum Gasteiger partial charge on any atom is -0.300 e. The number of aldehydes is 1. The minimum absolute atomic E-state index is 0.272. The van der Waals surface area contributed by atoms with Crippen LogP contribution in [0.15, 0.2) is 18.2 Å². The highest BCUT2D eigenvalue weighted by Crippen LogP contribution is 2.09. The van der Waals surface area contributed by atoms with Gasteiger partial charge in [-0.2, -0.15) is 0 Å². The van der Waals surface area contributed by atoms with Crippen LogP contribution in [-0.2, 0) is 11.4 Å². The average molecular weight is 165 g/mol. The average Bonchev–Trinajstić information content (AvgIpc) is 2.08. The van der Waals surface area contributed by atoms with Crippen LogP contribution in [0, 0.1) is 6.92 Å². The van der Waals surface area contributed by atoms with Crippen molar-refractivity contribution < 1.29 is 9.63 Å². The molecular formula is C9H11NO2. The van der Waals surface area contributed by atoms with Crippen molar-refractivity contribution in [1.82, 2.24) is 0 Å². The number of hydrogen-bond acceptors (Lipinski definition) is 3. The third kappa shape index (κ3) is 1.90. The zero-order valence-electron chi connectivity index (χ0n) is 6.91. The van der Waals surface area contributed by atoms with Crippen molar-refractivity contribution in [1.29, 1.82) is 0 Å². The summed E-state index contributed by atoms with van der Waals surface area (Å²) < 4.78 is 0. The van der Waals surface area contributed by atoms with E-state index in [0.29, 0.717) is 5.56 Å². The Bertz CT molecular complexity index is 284. The maximum absolute atomic E-state index is 10.6. The van der Waals surface area contributed by atoms with Gasteiger partial charge in [0.15, 0.2) is 0 Å². The predicted octanol–water partition coefficient (Wildman–Crippen LogP) is 1.20. The molecule has 0 bridgehead atoms. The highest BCUT2D eigenvalue weighted by molar-refractivity contribution is 5.77. The number of aryl methyl sites for hydroxylation is 1. The largest absolute Gasteiger partial charge is 0.300 e. The summed E-state index contributed by atoms with van der Waals surface area (Å²) in [4.78, 5) is 15.0. The third-order valence-electron chi connectivity index (χ3n) is 1.67. The summed E-state index contributed by atoms with van der Waals surface area (Å²) in [5.41, 5.74) is 2.51. The smallest absolute Gasteiger partial charge is 0.150 e. The predicted molar refractivity (Wildman–Crippen MR) is 45.5 cm³/mol. The van der Waals surface area contributed by atoms with E-state index in [9.17, 15) is 4.79 Å². The molecule has 0 aromatic heterocycles. The number of carbonyl (C=O) groups excluding carboxylic acids is 1. The lowest BCUT2D eigenvalue weighted by Crippen LogP contribution is -2.02. The number of carbonyl (C=O) groups is 1. The Morgan fingerprint density at radius 2 is 2.33 bits per heavy atom. The molecule has 0 aliphatic heterocycles. The van der Waals surface area contributed by atoms with E-state index in [-0.39, 0.29) is 6.61 Å². The molecule has 1 aromatic carbocycles. The Kier molecular flexibility index (Phi) is 2.96. The van der Waals surface area contributed by atoms with Gasteiger partial charge in [-0.25, -0.2) is 5.90 Å². The maximum Gasteiger partial charge on any atom is 0.150 e. The summed E-state index contributed by atoms with van der Waals surface area (Å²) in [5, 5.41) is 0. The fraction of sp³-hybridized carbons (Fsp3) is 0.222. The lowest BCUT2D eigenvalue weighted by atomic mass is 10.1. The summed E-state index contributed by atoms with van der Waals surface area (Å²) >= 11 is 0. The molecule has 64 valence electrons. The van der Waals surface area contributed by atoms with Crippen molar-refractivity contribution in [2.45, 2.75) is 13.5 Å². The Morgan fingerprint density at radius 3 is 2.92 bits per heavy atom. The van der Waals surface area contributed by atoms with E-state index in [1.807, 2.05) is 19.1 Å². The van der Waals surface area contributed by atoms with E-state index < -0.39 is 0 Å². The first-order valence-electron chi connectivity index (χ1n) is 3.64. The number of hydrogen-bond donors (Lipinski definition) is 1. The fourth-order valence-electron chi connectivity index (χ4n) is 1.05. The lowest BCUT2D eigenvalue weighted by molar-refractivity contribution is 0.110. The monoisotopic (exact) mass is 165 g/mol. The maximum atomic E-state index is 10.6. The molecule has 2 N–H and O–H groups in total. The molecule has 0 fully saturated rings. The summed E-state index contributed by atoms with van der Waals surface area (Å²) in [7, 11) is 0. The Labute approximate surface area is 71.1 Å². The summed E-state index contributed by atoms with van der Waals surface area (Å²) in [5.74, 6) is 4.91. The Balaban J connectivity index is 3.02. The summed E-state index contributed by atoms with van der Waals surface area (Å²) in [6, 6.07) is 5.56. The lowest BCUT2D eigenvalue weighted by Gasteiger charge is -2.03. The van der Waals surface area contributed by atoms with Gasteiger partial charge < -0.3 is 0 Å². The second-order valence-electron chi connectivity index (χ2n) is 2.63. The van der Waals surface area contributed by atoms with E-state index in [1.165, 1.54) is 0 Å². The minimum atomic E-state index is 0.272. The molecule has 0 aliphatic carbocycles. The molecule has 0 radical (unpaired) electrons. The van der Waals surface area contributed by atoms with E-state index in [0.717, 1.165) is 17.4 Å². The van der Waals surface area contributed by atoms with E-state index >= 15 is 0 Å². The second kappa shape index (κ2) is 3.99. The van der Waals surface area contributed by atoms with Crippen LogP contribution in [0.2, 0.25) is 0 Å². The zero-order chi connectivity index (χ0) is 8.97.